The summed E-state index contributed by atoms with van der Waals surface area (Å²) in [7, 11) is 0. The minimum absolute atomic E-state index is 0.309. The van der Waals surface area contributed by atoms with E-state index in [1.165, 1.54) is 0 Å². The van der Waals surface area contributed by atoms with E-state index in [0.717, 1.165) is 4.74 Å². The van der Waals surface area contributed by atoms with Gasteiger partial charge in [0.1, 0.15) is 0 Å². The van der Waals surface area contributed by atoms with E-state index in [-0.39, 0.29) is 0 Å². The minimum atomic E-state index is -10.5. The first-order chi connectivity index (χ1) is 42.1. The molecule has 1 N–H and O–H groups in total. The van der Waals surface area contributed by atoms with Crippen LogP contribution in [-0.4, -0.2) is 186 Å². The molecule has 0 aromatic carbocycles. The van der Waals surface area contributed by atoms with Crippen molar-refractivity contribution in [1.82, 2.24) is 0 Å². The number of carbonyl (C=O) groups is 1. The number of carboxylic acids is 1. The lowest BCUT2D eigenvalue weighted by atomic mass is 10.1. The Labute approximate surface area is 494 Å². The highest BCUT2D eigenvalue weighted by Crippen LogP contribution is 2.66. The number of carboxylic acid groups (broad SMARTS) is 1. The highest BCUT2D eigenvalue weighted by Gasteiger charge is 2.95. The molecule has 9 atom stereocenters. The minimum Gasteiger partial charge on any atom is -0.477 e. The summed E-state index contributed by atoms with van der Waals surface area (Å²) < 4.78 is 823. The lowest BCUT2D eigenvalue weighted by Crippen LogP contribution is -2.74. The molecular formula is C30HF59O11. The second-order valence-electron chi connectivity index (χ2n) is 16.8. The van der Waals surface area contributed by atoms with Gasteiger partial charge in [0.2, 0.25) is 0 Å². The van der Waals surface area contributed by atoms with Gasteiger partial charge in [0, 0.05) is 0 Å². The number of hydrogen-bond acceptors (Lipinski definition) is 10. The maximum absolute atomic E-state index is 15.1. The van der Waals surface area contributed by atoms with Crippen LogP contribution in [0.1, 0.15) is 0 Å². The molecule has 0 radical (unpaired) electrons. The van der Waals surface area contributed by atoms with Gasteiger partial charge in [-0.05, 0) is 0 Å². The predicted octanol–water partition coefficient (Wildman–Crippen LogP) is 17.8. The Morgan fingerprint density at radius 2 is 0.270 bits per heavy atom. The largest absolute Gasteiger partial charge is 0.477 e. The summed E-state index contributed by atoms with van der Waals surface area (Å²) in [6.45, 7) is 0. The summed E-state index contributed by atoms with van der Waals surface area (Å²) in [5.74, 6) is -103. The molecule has 70 heteroatoms. The summed E-state index contributed by atoms with van der Waals surface area (Å²) >= 11 is 0. The molecule has 600 valence electrons. The molecular weight excluding hydrogens is 1660 g/mol. The highest BCUT2D eigenvalue weighted by molar-refractivity contribution is 5.76. The number of hydrogen-bond donors (Lipinski definition) is 1. The fourth-order valence-corrected chi connectivity index (χ4v) is 4.82. The van der Waals surface area contributed by atoms with E-state index in [4.69, 9.17) is 5.11 Å². The van der Waals surface area contributed by atoms with Crippen molar-refractivity contribution in [2.24, 2.45) is 0 Å². The molecule has 0 aromatic rings. The normalized spacial score (nSPS) is 21.3. The van der Waals surface area contributed by atoms with Crippen molar-refractivity contribution in [1.29, 1.82) is 0 Å². The Morgan fingerprint density at radius 3 is 0.360 bits per heavy atom. The van der Waals surface area contributed by atoms with Gasteiger partial charge in [0.25, 0.3) is 0 Å². The van der Waals surface area contributed by atoms with Crippen LogP contribution in [0.25, 0.3) is 0 Å². The first-order valence-electron chi connectivity index (χ1n) is 20.3. The fourth-order valence-electron chi connectivity index (χ4n) is 4.82. The van der Waals surface area contributed by atoms with Gasteiger partial charge in [-0.15, -0.1) is 0 Å². The predicted molar refractivity (Wildman–Crippen MR) is 162 cm³/mol. The van der Waals surface area contributed by atoms with Crippen LogP contribution in [-0.2, 0) is 47.4 Å². The van der Waals surface area contributed by atoms with Gasteiger partial charge in [-0.2, -0.15) is 259 Å². The SMILES string of the molecule is O=C(O)C(F)(OC(F)(F)C(F)(OC(F)(F)C(F)(OC(F)(F)C(F)(OC(F)(F)C(F)(OC(F)(F)C(F)(OC(F)(F)C(F)(OC(F)(F)C(F)(OC(F)(F)C(F)(OC(F)(F)C(F)(F)C(F)(F)F)C(F)(F)F)C(F)(F)F)C(F)(F)F)C(F)(F)F)C(F)(F)F)C(F)(F)F)C(F)(F)F)C(F)(F)F)C(F)(F)F. The molecule has 11 nitrogen and oxygen atoms in total. The molecule has 9 unspecified atom stereocenters. The van der Waals surface area contributed by atoms with Crippen molar-refractivity contribution in [3.8, 4) is 0 Å². The summed E-state index contributed by atoms with van der Waals surface area (Å²) in [6.07, 6.45) is -184. The molecule has 0 saturated carbocycles. The second-order valence-corrected chi connectivity index (χ2v) is 16.8. The molecule has 0 aliphatic heterocycles. The van der Waals surface area contributed by atoms with Crippen molar-refractivity contribution in [3.63, 3.8) is 0 Å². The molecule has 0 amide bonds. The number of rotatable bonds is 28. The first kappa shape index (κ1) is 95.0. The third kappa shape index (κ3) is 15.4. The van der Waals surface area contributed by atoms with Gasteiger partial charge in [0.15, 0.2) is 0 Å². The Hall–Kier alpha value is -5.02. The molecule has 0 spiro atoms. The van der Waals surface area contributed by atoms with Gasteiger partial charge in [0.05, 0.1) is 0 Å². The van der Waals surface area contributed by atoms with Crippen molar-refractivity contribution < 1.29 is 312 Å². The van der Waals surface area contributed by atoms with Crippen LogP contribution in [0.2, 0.25) is 0 Å². The standard InChI is InChI=1S/C30HF59O11/c31-2(1(90)91,12(42,43)44)92-23(74,75)4(34,14(48,49)50)94-25(78,79)6(36,16(54,55)56)96-27(82,83)8(38,18(60,61)62)98-29(86,87)10(40,20(66,67)68)100-30(88,89)11(41,21(69,70)71)99-28(84,85)9(39,19(63,64)65)97-26(80,81)7(37,17(57,58)59)95-24(76,77)5(35,15(51,52)53)93-22(72,73)3(32,33)13(45,46)47/h(H,90,91). The van der Waals surface area contributed by atoms with Crippen molar-refractivity contribution in [2.45, 2.75) is 175 Å². The smallest absolute Gasteiger partial charge is 0.462 e. The van der Waals surface area contributed by atoms with E-state index in [1.807, 2.05) is 0 Å². The third-order valence-corrected chi connectivity index (χ3v) is 9.69. The second kappa shape index (κ2) is 24.8. The maximum atomic E-state index is 15.1. The number of halogens is 59. The molecule has 0 rings (SSSR count). The van der Waals surface area contributed by atoms with Gasteiger partial charge in [-0.25, -0.2) is 4.79 Å². The monoisotopic (exact) mass is 1660 g/mol. The Bertz CT molecular complexity index is 2850. The molecule has 0 saturated heterocycles. The number of alkyl halides is 59. The van der Waals surface area contributed by atoms with Crippen LogP contribution in [0, 0.1) is 0 Å². The Balaban J connectivity index is 8.82. The summed E-state index contributed by atoms with van der Waals surface area (Å²) in [5.41, 5.74) is 0. The summed E-state index contributed by atoms with van der Waals surface area (Å²) in [6, 6.07) is 0. The van der Waals surface area contributed by atoms with Gasteiger partial charge in [-0.1, -0.05) is 0 Å². The molecule has 0 aliphatic rings. The molecule has 0 fully saturated rings. The molecule has 0 heterocycles. The van der Waals surface area contributed by atoms with Gasteiger partial charge in [-0.3, -0.25) is 42.6 Å². The molecule has 100 heavy (non-hydrogen) atoms. The van der Waals surface area contributed by atoms with Crippen LogP contribution >= 0.6 is 0 Å². The Kier molecular flexibility index (Phi) is 23.6. The maximum Gasteiger partial charge on any atom is 0.462 e. The average Bonchev–Trinajstić information content (AvgIpc) is 0.712. The van der Waals surface area contributed by atoms with Crippen LogP contribution in [0.4, 0.5) is 259 Å². The Morgan fingerprint density at radius 1 is 0.160 bits per heavy atom. The van der Waals surface area contributed by atoms with E-state index in [2.05, 4.69) is 0 Å². The van der Waals surface area contributed by atoms with Gasteiger partial charge >= 0.3 is 181 Å². The lowest BCUT2D eigenvalue weighted by molar-refractivity contribution is -0.612. The van der Waals surface area contributed by atoms with Crippen LogP contribution < -0.4 is 0 Å². The number of ether oxygens (including phenoxy) is 9. The van der Waals surface area contributed by atoms with Crippen LogP contribution in [0.5, 0.6) is 0 Å². The number of aliphatic carboxylic acids is 1. The van der Waals surface area contributed by atoms with Gasteiger partial charge < -0.3 is 5.11 Å². The van der Waals surface area contributed by atoms with Crippen molar-refractivity contribution in [2.75, 3.05) is 0 Å². The lowest BCUT2D eigenvalue weighted by Gasteiger charge is -2.45. The van der Waals surface area contributed by atoms with E-state index in [9.17, 15) is 251 Å². The zero-order valence-electron chi connectivity index (χ0n) is 41.8. The average molecular weight is 1660 g/mol. The zero-order valence-corrected chi connectivity index (χ0v) is 41.8. The fraction of sp³-hybridized carbons (Fsp3) is 0.967. The topological polar surface area (TPSA) is 120 Å². The van der Waals surface area contributed by atoms with E-state index in [1.54, 1.807) is 0 Å². The third-order valence-electron chi connectivity index (χ3n) is 9.69. The van der Waals surface area contributed by atoms with Crippen molar-refractivity contribution >= 4 is 5.97 Å². The molecule has 0 aromatic heterocycles. The van der Waals surface area contributed by atoms with Crippen LogP contribution in [0.3, 0.4) is 0 Å². The summed E-state index contributed by atoms with van der Waals surface area (Å²) in [5, 5.41) is 8.02. The summed E-state index contributed by atoms with van der Waals surface area (Å²) in [4.78, 5) is 10.4. The van der Waals surface area contributed by atoms with E-state index < -0.39 is 181 Å². The quantitative estimate of drug-likeness (QED) is 0.0754. The highest BCUT2D eigenvalue weighted by atomic mass is 19.5. The first-order valence-corrected chi connectivity index (χ1v) is 20.3. The van der Waals surface area contributed by atoms with Crippen LogP contribution in [0.15, 0.2) is 0 Å². The zero-order chi connectivity index (χ0) is 82.4. The van der Waals surface area contributed by atoms with Crippen molar-refractivity contribution in [3.05, 3.63) is 0 Å². The molecule has 0 aliphatic carbocycles. The van der Waals surface area contributed by atoms with E-state index in [0.29, 0.717) is 37.9 Å². The van der Waals surface area contributed by atoms with E-state index >= 15 is 13.2 Å². The molecule has 0 bridgehead atoms.